The summed E-state index contributed by atoms with van der Waals surface area (Å²) in [6.45, 7) is 9.49. The molecule has 0 N–H and O–H groups in total. The second-order valence-corrected chi connectivity index (χ2v) is 10.3. The second-order valence-electron chi connectivity index (χ2n) is 10.3. The molecule has 0 radical (unpaired) electrons. The van der Waals surface area contributed by atoms with Crippen LogP contribution in [-0.2, 0) is 9.53 Å². The quantitative estimate of drug-likeness (QED) is 0.533. The first-order valence-corrected chi connectivity index (χ1v) is 12.0. The smallest absolute Gasteiger partial charge is 0.310 e. The Morgan fingerprint density at radius 3 is 2.81 bits per heavy atom. The minimum absolute atomic E-state index is 0.0279. The maximum absolute atomic E-state index is 12.9. The van der Waals surface area contributed by atoms with Crippen LogP contribution in [0.15, 0.2) is 35.4 Å². The average Bonchev–Trinajstić information content (AvgIpc) is 3.06. The molecule has 1 saturated carbocycles. The molecule has 0 amide bonds. The number of nitrogens with zero attached hydrogens (tertiary/aromatic N) is 2. The number of anilines is 1. The molecule has 0 bridgehead atoms. The summed E-state index contributed by atoms with van der Waals surface area (Å²) in [4.78, 5) is 17.8. The fourth-order valence-electron chi connectivity index (χ4n) is 6.59. The Labute approximate surface area is 186 Å². The van der Waals surface area contributed by atoms with Gasteiger partial charge in [-0.05, 0) is 56.6 Å². The molecule has 31 heavy (non-hydrogen) atoms. The van der Waals surface area contributed by atoms with E-state index in [0.717, 1.165) is 51.3 Å². The third-order valence-corrected chi connectivity index (χ3v) is 8.43. The first kappa shape index (κ1) is 20.9. The highest BCUT2D eigenvalue weighted by molar-refractivity contribution is 5.76. The number of carbonyl (C=O) groups is 1. The molecule has 3 fully saturated rings. The van der Waals surface area contributed by atoms with E-state index in [4.69, 9.17) is 9.47 Å². The molecule has 4 aliphatic rings. The molecule has 0 spiro atoms. The SMILES string of the molecule is COc1cccc(N2CCN(C[C@@H]3C(=O)O[C@@H]4C[C@]5(C)CCCC(C)=C5C[C@H]34)CC2)c1. The van der Waals surface area contributed by atoms with Crippen LogP contribution in [0.1, 0.15) is 46.0 Å². The van der Waals surface area contributed by atoms with E-state index in [2.05, 4.69) is 35.8 Å². The van der Waals surface area contributed by atoms with Gasteiger partial charge >= 0.3 is 5.97 Å². The van der Waals surface area contributed by atoms with Gasteiger partial charge in [0.15, 0.2) is 0 Å². The van der Waals surface area contributed by atoms with Crippen molar-refractivity contribution < 1.29 is 14.3 Å². The summed E-state index contributed by atoms with van der Waals surface area (Å²) in [6.07, 6.45) is 5.96. The normalized spacial score (nSPS) is 33.7. The first-order chi connectivity index (χ1) is 15.0. The molecule has 4 atom stereocenters. The van der Waals surface area contributed by atoms with E-state index in [0.29, 0.717) is 5.92 Å². The summed E-state index contributed by atoms with van der Waals surface area (Å²) in [5, 5.41) is 0. The highest BCUT2D eigenvalue weighted by Crippen LogP contribution is 2.55. The number of allylic oxidation sites excluding steroid dienone is 2. The Morgan fingerprint density at radius 1 is 1.23 bits per heavy atom. The summed E-state index contributed by atoms with van der Waals surface area (Å²) in [6, 6.07) is 8.29. The molecular formula is C26H36N2O3. The zero-order chi connectivity index (χ0) is 21.6. The molecule has 1 aromatic carbocycles. The Morgan fingerprint density at radius 2 is 2.03 bits per heavy atom. The molecule has 2 saturated heterocycles. The number of fused-ring (bicyclic) bond motifs is 2. The number of benzene rings is 1. The molecule has 168 valence electrons. The van der Waals surface area contributed by atoms with Crippen molar-refractivity contribution in [2.45, 2.75) is 52.1 Å². The van der Waals surface area contributed by atoms with Gasteiger partial charge in [0.1, 0.15) is 11.9 Å². The van der Waals surface area contributed by atoms with Gasteiger partial charge in [0, 0.05) is 50.4 Å². The number of hydrogen-bond acceptors (Lipinski definition) is 5. The average molecular weight is 425 g/mol. The largest absolute Gasteiger partial charge is 0.497 e. The maximum Gasteiger partial charge on any atom is 0.310 e. The Bertz CT molecular complexity index is 873. The minimum atomic E-state index is 0.0279. The third kappa shape index (κ3) is 3.86. The van der Waals surface area contributed by atoms with Crippen LogP contribution >= 0.6 is 0 Å². The van der Waals surface area contributed by atoms with Crippen LogP contribution in [0.4, 0.5) is 5.69 Å². The maximum atomic E-state index is 12.9. The van der Waals surface area contributed by atoms with E-state index in [1.54, 1.807) is 18.3 Å². The number of hydrogen-bond donors (Lipinski definition) is 0. The van der Waals surface area contributed by atoms with Crippen molar-refractivity contribution in [1.82, 2.24) is 4.90 Å². The predicted molar refractivity (Wildman–Crippen MR) is 122 cm³/mol. The summed E-state index contributed by atoms with van der Waals surface area (Å²) in [5.74, 6) is 1.34. The van der Waals surface area contributed by atoms with Gasteiger partial charge < -0.3 is 14.4 Å². The van der Waals surface area contributed by atoms with Gasteiger partial charge in [0.25, 0.3) is 0 Å². The van der Waals surface area contributed by atoms with Crippen LogP contribution in [0.5, 0.6) is 5.75 Å². The van der Waals surface area contributed by atoms with E-state index in [1.807, 2.05) is 12.1 Å². The summed E-state index contributed by atoms with van der Waals surface area (Å²) in [7, 11) is 1.71. The van der Waals surface area contributed by atoms with Crippen molar-refractivity contribution in [2.24, 2.45) is 17.3 Å². The van der Waals surface area contributed by atoms with Gasteiger partial charge in [-0.15, -0.1) is 0 Å². The molecule has 2 aliphatic heterocycles. The summed E-state index contributed by atoms with van der Waals surface area (Å²) < 4.78 is 11.4. The monoisotopic (exact) mass is 424 g/mol. The van der Waals surface area contributed by atoms with Gasteiger partial charge in [-0.1, -0.05) is 24.1 Å². The molecule has 0 unspecified atom stereocenters. The lowest BCUT2D eigenvalue weighted by Gasteiger charge is -2.46. The van der Waals surface area contributed by atoms with Gasteiger partial charge in [0.2, 0.25) is 0 Å². The van der Waals surface area contributed by atoms with Crippen molar-refractivity contribution in [3.63, 3.8) is 0 Å². The summed E-state index contributed by atoms with van der Waals surface area (Å²) >= 11 is 0. The van der Waals surface area contributed by atoms with E-state index in [1.165, 1.54) is 24.9 Å². The predicted octanol–water partition coefficient (Wildman–Crippen LogP) is 4.28. The lowest BCUT2D eigenvalue weighted by Crippen LogP contribution is -2.49. The fraction of sp³-hybridized carbons (Fsp3) is 0.654. The number of piperazine rings is 1. The zero-order valence-corrected chi connectivity index (χ0v) is 19.2. The second kappa shape index (κ2) is 8.16. The highest BCUT2D eigenvalue weighted by atomic mass is 16.6. The van der Waals surface area contributed by atoms with Crippen LogP contribution in [0.3, 0.4) is 0 Å². The molecule has 2 aliphatic carbocycles. The van der Waals surface area contributed by atoms with Crippen molar-refractivity contribution >= 4 is 11.7 Å². The molecule has 1 aromatic rings. The number of methoxy groups -OCH3 is 1. The lowest BCUT2D eigenvalue weighted by atomic mass is 9.59. The van der Waals surface area contributed by atoms with Crippen molar-refractivity contribution in [3.8, 4) is 5.75 Å². The highest BCUT2D eigenvalue weighted by Gasteiger charge is 2.53. The first-order valence-electron chi connectivity index (χ1n) is 12.0. The zero-order valence-electron chi connectivity index (χ0n) is 19.2. The molecule has 5 heteroatoms. The molecule has 5 rings (SSSR count). The Balaban J connectivity index is 1.23. The number of rotatable bonds is 4. The topological polar surface area (TPSA) is 42.0 Å². The van der Waals surface area contributed by atoms with Crippen molar-refractivity contribution in [2.75, 3.05) is 44.7 Å². The number of ether oxygens (including phenoxy) is 2. The molecule has 0 aromatic heterocycles. The van der Waals surface area contributed by atoms with Crippen LogP contribution in [0, 0.1) is 17.3 Å². The van der Waals surface area contributed by atoms with E-state index in [9.17, 15) is 4.79 Å². The van der Waals surface area contributed by atoms with E-state index >= 15 is 0 Å². The van der Waals surface area contributed by atoms with Crippen molar-refractivity contribution in [3.05, 3.63) is 35.4 Å². The van der Waals surface area contributed by atoms with Crippen LogP contribution in [0.2, 0.25) is 0 Å². The minimum Gasteiger partial charge on any atom is -0.497 e. The van der Waals surface area contributed by atoms with Gasteiger partial charge in [0.05, 0.1) is 13.0 Å². The number of carbonyl (C=O) groups excluding carboxylic acids is 1. The Hall–Kier alpha value is -2.01. The van der Waals surface area contributed by atoms with E-state index in [-0.39, 0.29) is 23.4 Å². The van der Waals surface area contributed by atoms with Gasteiger partial charge in [-0.25, -0.2) is 0 Å². The summed E-state index contributed by atoms with van der Waals surface area (Å²) in [5.41, 5.74) is 4.69. The third-order valence-electron chi connectivity index (χ3n) is 8.43. The van der Waals surface area contributed by atoms with Crippen molar-refractivity contribution in [1.29, 1.82) is 0 Å². The fourth-order valence-corrected chi connectivity index (χ4v) is 6.59. The standard InChI is InChI=1S/C26H36N2O3/c1-18-6-5-9-26(2)16-24-21(15-23(18)26)22(25(29)31-24)17-27-10-12-28(13-11-27)19-7-4-8-20(14-19)30-3/h4,7-8,14,21-22,24H,5-6,9-13,15-17H2,1-3H3/t21-,22+,24-,26+/m1/s1. The number of esters is 1. The molecule has 2 heterocycles. The van der Waals surface area contributed by atoms with E-state index < -0.39 is 0 Å². The molecule has 5 nitrogen and oxygen atoms in total. The van der Waals surface area contributed by atoms with Crippen LogP contribution in [0.25, 0.3) is 0 Å². The van der Waals surface area contributed by atoms with Crippen LogP contribution in [-0.4, -0.2) is 56.8 Å². The van der Waals surface area contributed by atoms with Gasteiger partial charge in [-0.2, -0.15) is 0 Å². The lowest BCUT2D eigenvalue weighted by molar-refractivity contribution is -0.145. The van der Waals surface area contributed by atoms with Crippen LogP contribution < -0.4 is 9.64 Å². The Kier molecular flexibility index (Phi) is 5.49. The molecular weight excluding hydrogens is 388 g/mol. The van der Waals surface area contributed by atoms with Gasteiger partial charge in [-0.3, -0.25) is 9.69 Å².